The molecule has 130 valence electrons. The fourth-order valence-corrected chi connectivity index (χ4v) is 5.84. The Morgan fingerprint density at radius 2 is 1.73 bits per heavy atom. The minimum atomic E-state index is -2.27. The highest BCUT2D eigenvalue weighted by Crippen LogP contribution is 2.30. The van der Waals surface area contributed by atoms with Gasteiger partial charge in [-0.3, -0.25) is 4.79 Å². The molecule has 0 spiro atoms. The summed E-state index contributed by atoms with van der Waals surface area (Å²) in [6, 6.07) is 1.60. The predicted octanol–water partition coefficient (Wildman–Crippen LogP) is 3.32. The number of aldehydes is 1. The Morgan fingerprint density at radius 1 is 1.14 bits per heavy atom. The molecule has 0 aliphatic heterocycles. The molecule has 0 saturated carbocycles. The lowest BCUT2D eigenvalue weighted by molar-refractivity contribution is -0.147. The molecule has 0 radical (unpaired) electrons. The van der Waals surface area contributed by atoms with Gasteiger partial charge in [0.05, 0.1) is 13.0 Å². The Labute approximate surface area is 136 Å². The second-order valence-corrected chi connectivity index (χ2v) is 8.98. The first-order chi connectivity index (χ1) is 10.5. The smallest absolute Gasteiger partial charge is 0.337 e. The summed E-state index contributed by atoms with van der Waals surface area (Å²) in [6.45, 7) is 9.25. The van der Waals surface area contributed by atoms with Gasteiger partial charge in [-0.15, -0.1) is 0 Å². The van der Waals surface area contributed by atoms with Crippen LogP contribution in [0.1, 0.15) is 47.0 Å². The van der Waals surface area contributed by atoms with Crippen LogP contribution in [0.3, 0.4) is 0 Å². The summed E-state index contributed by atoms with van der Waals surface area (Å²) in [7, 11) is -0.867. The molecule has 2 unspecified atom stereocenters. The zero-order chi connectivity index (χ0) is 17.0. The monoisotopic (exact) mass is 332 g/mol. The topological polar surface area (TPSA) is 61.8 Å². The summed E-state index contributed by atoms with van der Waals surface area (Å²) >= 11 is 0. The Kier molecular flexibility index (Phi) is 11.4. The molecule has 2 atom stereocenters. The van der Waals surface area contributed by atoms with Crippen LogP contribution < -0.4 is 0 Å². The van der Waals surface area contributed by atoms with E-state index in [4.69, 9.17) is 13.6 Å². The quantitative estimate of drug-likeness (QED) is 0.294. The minimum absolute atomic E-state index is 0.0248. The van der Waals surface area contributed by atoms with Crippen molar-refractivity contribution >= 4 is 20.8 Å². The summed E-state index contributed by atoms with van der Waals surface area (Å²) in [6.07, 6.45) is 2.71. The summed E-state index contributed by atoms with van der Waals surface area (Å²) < 4.78 is 16.8. The van der Waals surface area contributed by atoms with Gasteiger partial charge >= 0.3 is 14.5 Å². The van der Waals surface area contributed by atoms with Crippen LogP contribution >= 0.6 is 0 Å². The first kappa shape index (κ1) is 21.3. The van der Waals surface area contributed by atoms with Crippen molar-refractivity contribution in [2.45, 2.75) is 59.0 Å². The molecule has 6 heteroatoms. The van der Waals surface area contributed by atoms with Gasteiger partial charge < -0.3 is 18.4 Å². The van der Waals surface area contributed by atoms with Gasteiger partial charge in [0, 0.05) is 19.6 Å². The zero-order valence-corrected chi connectivity index (χ0v) is 15.7. The van der Waals surface area contributed by atoms with Gasteiger partial charge in [-0.25, -0.2) is 0 Å². The molecule has 0 aromatic carbocycles. The summed E-state index contributed by atoms with van der Waals surface area (Å²) in [5.74, 6) is -0.475. The predicted molar refractivity (Wildman–Crippen MR) is 88.9 cm³/mol. The van der Waals surface area contributed by atoms with E-state index in [1.165, 1.54) is 7.11 Å². The van der Waals surface area contributed by atoms with Crippen molar-refractivity contribution in [2.75, 3.05) is 20.3 Å². The van der Waals surface area contributed by atoms with Crippen LogP contribution in [0.15, 0.2) is 0 Å². The molecule has 5 nitrogen and oxygen atoms in total. The summed E-state index contributed by atoms with van der Waals surface area (Å²) in [5, 5.41) is 0. The number of hydrogen-bond donors (Lipinski definition) is 0. The molecule has 0 aliphatic rings. The number of hydrogen-bond acceptors (Lipinski definition) is 5. The van der Waals surface area contributed by atoms with Crippen LogP contribution in [0, 0.1) is 11.8 Å². The average Bonchev–Trinajstić information content (AvgIpc) is 2.53. The Balaban J connectivity index is 5.03. The second kappa shape index (κ2) is 11.8. The van der Waals surface area contributed by atoms with Gasteiger partial charge in [-0.05, 0) is 38.3 Å². The van der Waals surface area contributed by atoms with Gasteiger partial charge in [0.15, 0.2) is 0 Å². The van der Waals surface area contributed by atoms with E-state index in [1.807, 2.05) is 20.8 Å². The van der Waals surface area contributed by atoms with Gasteiger partial charge in [0.1, 0.15) is 6.29 Å². The van der Waals surface area contributed by atoms with E-state index in [1.54, 1.807) is 0 Å². The van der Waals surface area contributed by atoms with Crippen molar-refractivity contribution in [3.05, 3.63) is 0 Å². The molecule has 0 N–H and O–H groups in total. The van der Waals surface area contributed by atoms with Crippen molar-refractivity contribution in [3.8, 4) is 0 Å². The maximum Gasteiger partial charge on any atom is 0.337 e. The lowest BCUT2D eigenvalue weighted by atomic mass is 9.86. The highest BCUT2D eigenvalue weighted by atomic mass is 28.4. The van der Waals surface area contributed by atoms with Crippen molar-refractivity contribution in [1.29, 1.82) is 0 Å². The van der Waals surface area contributed by atoms with E-state index in [-0.39, 0.29) is 17.8 Å². The Morgan fingerprint density at radius 3 is 2.09 bits per heavy atom. The van der Waals surface area contributed by atoms with Crippen LogP contribution in [0.25, 0.3) is 0 Å². The molecule has 0 rings (SSSR count). The van der Waals surface area contributed by atoms with Gasteiger partial charge in [0.25, 0.3) is 0 Å². The third kappa shape index (κ3) is 6.58. The fraction of sp³-hybridized carbons (Fsp3) is 0.875. The molecule has 0 aliphatic carbocycles. The normalized spacial score (nSPS) is 14.4. The molecule has 0 aromatic heterocycles. The van der Waals surface area contributed by atoms with E-state index in [0.29, 0.717) is 26.1 Å². The maximum absolute atomic E-state index is 12.1. The third-order valence-corrected chi connectivity index (χ3v) is 7.94. The first-order valence-corrected chi connectivity index (χ1v) is 10.6. The van der Waals surface area contributed by atoms with Crippen LogP contribution in [0.5, 0.6) is 0 Å². The summed E-state index contributed by atoms with van der Waals surface area (Å²) in [5.41, 5.74) is 0. The molecule has 0 amide bonds. The van der Waals surface area contributed by atoms with Gasteiger partial charge in [-0.2, -0.15) is 0 Å². The van der Waals surface area contributed by atoms with E-state index in [0.717, 1.165) is 24.8 Å². The lowest BCUT2D eigenvalue weighted by Gasteiger charge is -2.31. The van der Waals surface area contributed by atoms with Gasteiger partial charge in [0.2, 0.25) is 0 Å². The highest BCUT2D eigenvalue weighted by Gasteiger charge is 2.38. The second-order valence-electron chi connectivity index (χ2n) is 5.37. The third-order valence-electron chi connectivity index (χ3n) is 4.19. The van der Waals surface area contributed by atoms with E-state index in [2.05, 4.69) is 6.92 Å². The molecule has 0 fully saturated rings. The first-order valence-electron chi connectivity index (χ1n) is 8.33. The molecule has 22 heavy (non-hydrogen) atoms. The lowest BCUT2D eigenvalue weighted by Crippen LogP contribution is -2.42. The number of carbonyl (C=O) groups excluding carboxylic acids is 2. The Bertz CT molecular complexity index is 316. The van der Waals surface area contributed by atoms with Crippen molar-refractivity contribution in [1.82, 2.24) is 0 Å². The minimum Gasteiger partial charge on any atom is -0.469 e. The number of esters is 1. The number of carbonyl (C=O) groups is 2. The maximum atomic E-state index is 12.1. The number of rotatable bonds is 13. The average molecular weight is 333 g/mol. The molecule has 0 aromatic rings. The molecule has 0 heterocycles. The molecular weight excluding hydrogens is 300 g/mol. The van der Waals surface area contributed by atoms with E-state index < -0.39 is 8.56 Å². The zero-order valence-electron chi connectivity index (χ0n) is 14.7. The van der Waals surface area contributed by atoms with Crippen molar-refractivity contribution in [3.63, 3.8) is 0 Å². The van der Waals surface area contributed by atoms with Crippen LogP contribution in [0.2, 0.25) is 12.1 Å². The van der Waals surface area contributed by atoms with E-state index in [9.17, 15) is 9.59 Å². The summed E-state index contributed by atoms with van der Waals surface area (Å²) in [4.78, 5) is 23.0. The molecular formula is C16H32O5Si. The van der Waals surface area contributed by atoms with Crippen molar-refractivity contribution in [2.24, 2.45) is 11.8 Å². The SMILES string of the molecule is CCO[Si](CC)(CCC(C(=O)OC)C(CC)CC=O)OCC. The fourth-order valence-electron chi connectivity index (χ4n) is 2.90. The van der Waals surface area contributed by atoms with Crippen LogP contribution in [0.4, 0.5) is 0 Å². The molecule has 0 bridgehead atoms. The van der Waals surface area contributed by atoms with Crippen LogP contribution in [-0.2, 0) is 23.2 Å². The largest absolute Gasteiger partial charge is 0.469 e. The highest BCUT2D eigenvalue weighted by molar-refractivity contribution is 6.67. The van der Waals surface area contributed by atoms with Gasteiger partial charge in [-0.1, -0.05) is 20.3 Å². The van der Waals surface area contributed by atoms with Crippen LogP contribution in [-0.4, -0.2) is 41.1 Å². The Hall–Kier alpha value is -0.723. The van der Waals surface area contributed by atoms with E-state index >= 15 is 0 Å². The standard InChI is InChI=1S/C16H32O5Si/c1-6-14(10-12-17)15(16(18)19-5)11-13-22(9-4,20-7-2)21-8-3/h12,14-15H,6-11,13H2,1-5H3. The molecule has 0 saturated heterocycles. The van der Waals surface area contributed by atoms with Crippen molar-refractivity contribution < 1.29 is 23.2 Å². The number of ether oxygens (including phenoxy) is 1. The number of methoxy groups -OCH3 is 1.